The molecule has 0 aliphatic carbocycles. The number of rotatable bonds is 4. The van der Waals surface area contributed by atoms with Crippen LogP contribution in [-0.2, 0) is 13.0 Å². The number of aromatic amines is 1. The number of H-pyrrole nitrogens is 1. The number of ether oxygens (including phenoxy) is 1. The Labute approximate surface area is 109 Å². The zero-order valence-electron chi connectivity index (χ0n) is 9.81. The Morgan fingerprint density at radius 3 is 3.11 bits per heavy atom. The number of thiazole rings is 1. The van der Waals surface area contributed by atoms with Gasteiger partial charge in [0.25, 0.3) is 0 Å². The number of aromatic nitrogens is 1. The normalized spacial score (nSPS) is 17.4. The number of hydrogen-bond donors (Lipinski definition) is 2. The van der Waals surface area contributed by atoms with Crippen LogP contribution in [0.4, 0.5) is 0 Å². The SMILES string of the molecule is O=c1[nH]c(CNCC2Cc3ccccc3O2)cs1. The van der Waals surface area contributed by atoms with Crippen LogP contribution in [0.5, 0.6) is 5.75 Å². The molecule has 0 radical (unpaired) electrons. The Balaban J connectivity index is 1.50. The van der Waals surface area contributed by atoms with Gasteiger partial charge in [-0.1, -0.05) is 29.5 Å². The minimum atomic E-state index is -0.00341. The second-order valence-electron chi connectivity index (χ2n) is 4.36. The van der Waals surface area contributed by atoms with Gasteiger partial charge in [-0.3, -0.25) is 4.79 Å². The molecule has 18 heavy (non-hydrogen) atoms. The number of nitrogens with one attached hydrogen (secondary N) is 2. The van der Waals surface area contributed by atoms with E-state index in [1.807, 2.05) is 23.6 Å². The van der Waals surface area contributed by atoms with Crippen molar-refractivity contribution in [1.29, 1.82) is 0 Å². The van der Waals surface area contributed by atoms with Crippen molar-refractivity contribution in [1.82, 2.24) is 10.3 Å². The summed E-state index contributed by atoms with van der Waals surface area (Å²) in [5.41, 5.74) is 2.20. The molecule has 1 aliphatic rings. The highest BCUT2D eigenvalue weighted by Crippen LogP contribution is 2.27. The van der Waals surface area contributed by atoms with E-state index in [-0.39, 0.29) is 11.0 Å². The molecule has 0 bridgehead atoms. The van der Waals surface area contributed by atoms with Gasteiger partial charge in [0.05, 0.1) is 0 Å². The Morgan fingerprint density at radius 1 is 1.44 bits per heavy atom. The maximum absolute atomic E-state index is 11.0. The molecule has 1 atom stereocenters. The molecule has 0 saturated heterocycles. The van der Waals surface area contributed by atoms with Gasteiger partial charge in [-0.25, -0.2) is 0 Å². The molecule has 3 rings (SSSR count). The van der Waals surface area contributed by atoms with Gasteiger partial charge in [0, 0.05) is 30.6 Å². The first-order valence-corrected chi connectivity index (χ1v) is 6.81. The van der Waals surface area contributed by atoms with Crippen molar-refractivity contribution in [2.24, 2.45) is 0 Å². The molecule has 1 aliphatic heterocycles. The van der Waals surface area contributed by atoms with Crippen LogP contribution in [0, 0.1) is 0 Å². The van der Waals surface area contributed by atoms with Crippen LogP contribution in [0.15, 0.2) is 34.4 Å². The molecule has 2 N–H and O–H groups in total. The minimum absolute atomic E-state index is 0.00341. The molecule has 2 heterocycles. The Morgan fingerprint density at radius 2 is 2.33 bits per heavy atom. The van der Waals surface area contributed by atoms with Crippen molar-refractivity contribution in [3.63, 3.8) is 0 Å². The summed E-state index contributed by atoms with van der Waals surface area (Å²) in [5.74, 6) is 0.994. The predicted octanol–water partition coefficient (Wildman–Crippen LogP) is 1.53. The fourth-order valence-electron chi connectivity index (χ4n) is 2.14. The molecule has 4 nitrogen and oxygen atoms in total. The van der Waals surface area contributed by atoms with Crippen LogP contribution in [0.3, 0.4) is 0 Å². The molecule has 0 spiro atoms. The number of hydrogen-bond acceptors (Lipinski definition) is 4. The van der Waals surface area contributed by atoms with E-state index < -0.39 is 0 Å². The van der Waals surface area contributed by atoms with E-state index >= 15 is 0 Å². The summed E-state index contributed by atoms with van der Waals surface area (Å²) < 4.78 is 5.82. The van der Waals surface area contributed by atoms with Crippen LogP contribution in [0.2, 0.25) is 0 Å². The molecule has 0 saturated carbocycles. The molecule has 0 amide bonds. The standard InChI is InChI=1S/C13H14N2O2S/c16-13-15-10(8-18-13)6-14-7-11-5-9-3-1-2-4-12(9)17-11/h1-4,8,11,14H,5-7H2,(H,15,16). The highest BCUT2D eigenvalue weighted by Gasteiger charge is 2.21. The van der Waals surface area contributed by atoms with Crippen molar-refractivity contribution < 1.29 is 4.74 Å². The summed E-state index contributed by atoms with van der Waals surface area (Å²) in [6.07, 6.45) is 1.14. The lowest BCUT2D eigenvalue weighted by Crippen LogP contribution is -2.29. The zero-order valence-corrected chi connectivity index (χ0v) is 10.6. The van der Waals surface area contributed by atoms with E-state index in [1.54, 1.807) is 0 Å². The Hall–Kier alpha value is -1.59. The maximum atomic E-state index is 11.0. The van der Waals surface area contributed by atoms with Crippen molar-refractivity contribution in [3.8, 4) is 5.75 Å². The maximum Gasteiger partial charge on any atom is 0.304 e. The lowest BCUT2D eigenvalue weighted by atomic mass is 10.1. The van der Waals surface area contributed by atoms with Crippen LogP contribution in [-0.4, -0.2) is 17.6 Å². The van der Waals surface area contributed by atoms with Gasteiger partial charge in [0.15, 0.2) is 0 Å². The van der Waals surface area contributed by atoms with E-state index in [9.17, 15) is 4.79 Å². The van der Waals surface area contributed by atoms with Gasteiger partial charge in [-0.15, -0.1) is 0 Å². The van der Waals surface area contributed by atoms with Crippen molar-refractivity contribution in [2.75, 3.05) is 6.54 Å². The monoisotopic (exact) mass is 262 g/mol. The third-order valence-corrected chi connectivity index (χ3v) is 3.69. The summed E-state index contributed by atoms with van der Waals surface area (Å²) in [6.45, 7) is 1.46. The molecule has 2 aromatic rings. The first kappa shape index (κ1) is 11.5. The van der Waals surface area contributed by atoms with Crippen molar-refractivity contribution in [3.05, 3.63) is 50.6 Å². The molecule has 1 unspecified atom stereocenters. The van der Waals surface area contributed by atoms with E-state index in [0.29, 0.717) is 6.54 Å². The lowest BCUT2D eigenvalue weighted by Gasteiger charge is -2.11. The second kappa shape index (κ2) is 4.96. The average Bonchev–Trinajstić information content (AvgIpc) is 2.95. The van der Waals surface area contributed by atoms with Crippen LogP contribution < -0.4 is 14.9 Å². The Kier molecular flexibility index (Phi) is 3.17. The van der Waals surface area contributed by atoms with Gasteiger partial charge < -0.3 is 15.0 Å². The van der Waals surface area contributed by atoms with Crippen LogP contribution in [0.25, 0.3) is 0 Å². The van der Waals surface area contributed by atoms with Gasteiger partial charge >= 0.3 is 4.87 Å². The fourth-order valence-corrected chi connectivity index (χ4v) is 2.72. The highest BCUT2D eigenvalue weighted by molar-refractivity contribution is 7.07. The summed E-state index contributed by atoms with van der Waals surface area (Å²) in [7, 11) is 0. The van der Waals surface area contributed by atoms with Crippen molar-refractivity contribution in [2.45, 2.75) is 19.1 Å². The highest BCUT2D eigenvalue weighted by atomic mass is 32.1. The molecule has 0 fully saturated rings. The molecule has 5 heteroatoms. The molecule has 94 valence electrons. The quantitative estimate of drug-likeness (QED) is 0.878. The third kappa shape index (κ3) is 2.47. The Bertz CT molecular complexity index is 565. The second-order valence-corrected chi connectivity index (χ2v) is 5.20. The molecular weight excluding hydrogens is 248 g/mol. The van der Waals surface area contributed by atoms with Gasteiger partial charge in [0.1, 0.15) is 11.9 Å². The summed E-state index contributed by atoms with van der Waals surface area (Å²) in [5, 5.41) is 5.15. The molecule has 1 aromatic carbocycles. The van der Waals surface area contributed by atoms with Gasteiger partial charge in [0.2, 0.25) is 0 Å². The summed E-state index contributed by atoms with van der Waals surface area (Å²) >= 11 is 1.19. The van der Waals surface area contributed by atoms with Gasteiger partial charge in [-0.2, -0.15) is 0 Å². The summed E-state index contributed by atoms with van der Waals surface area (Å²) in [6, 6.07) is 8.14. The molecular formula is C13H14N2O2S. The van der Waals surface area contributed by atoms with E-state index in [4.69, 9.17) is 4.74 Å². The zero-order chi connectivity index (χ0) is 12.4. The van der Waals surface area contributed by atoms with Gasteiger partial charge in [-0.05, 0) is 11.6 Å². The topological polar surface area (TPSA) is 54.1 Å². The number of fused-ring (bicyclic) bond motifs is 1. The van der Waals surface area contributed by atoms with E-state index in [2.05, 4.69) is 16.4 Å². The largest absolute Gasteiger partial charge is 0.488 e. The summed E-state index contributed by atoms with van der Waals surface area (Å²) in [4.78, 5) is 13.7. The third-order valence-electron chi connectivity index (χ3n) is 2.97. The van der Waals surface area contributed by atoms with E-state index in [0.717, 1.165) is 24.4 Å². The van der Waals surface area contributed by atoms with Crippen LogP contribution >= 0.6 is 11.3 Å². The lowest BCUT2D eigenvalue weighted by molar-refractivity contribution is 0.227. The smallest absolute Gasteiger partial charge is 0.304 e. The van der Waals surface area contributed by atoms with Crippen molar-refractivity contribution >= 4 is 11.3 Å². The van der Waals surface area contributed by atoms with E-state index in [1.165, 1.54) is 16.9 Å². The number of para-hydroxylation sites is 1. The molecule has 1 aromatic heterocycles. The predicted molar refractivity (Wildman–Crippen MR) is 71.2 cm³/mol. The average molecular weight is 262 g/mol. The number of benzene rings is 1. The fraction of sp³-hybridized carbons (Fsp3) is 0.308. The van der Waals surface area contributed by atoms with Crippen LogP contribution in [0.1, 0.15) is 11.3 Å². The first-order valence-electron chi connectivity index (χ1n) is 5.93. The first-order chi connectivity index (χ1) is 8.81. The minimum Gasteiger partial charge on any atom is -0.488 e.